The van der Waals surface area contributed by atoms with Crippen LogP contribution in [0.5, 0.6) is 0 Å². The lowest BCUT2D eigenvalue weighted by atomic mass is 10.0. The zero-order valence-corrected chi connectivity index (χ0v) is 9.44. The van der Waals surface area contributed by atoms with Gasteiger partial charge in [-0.1, -0.05) is 11.6 Å². The summed E-state index contributed by atoms with van der Waals surface area (Å²) in [5.74, 6) is 0. The third-order valence-electron chi connectivity index (χ3n) is 2.69. The molecule has 1 fully saturated rings. The minimum atomic E-state index is -0.301. The highest BCUT2D eigenvalue weighted by Crippen LogP contribution is 2.25. The third-order valence-corrected chi connectivity index (χ3v) is 3.94. The third kappa shape index (κ3) is 2.28. The lowest BCUT2D eigenvalue weighted by Crippen LogP contribution is -2.36. The quantitative estimate of drug-likeness (QED) is 0.835. The summed E-state index contributed by atoms with van der Waals surface area (Å²) in [5.41, 5.74) is 1.07. The van der Waals surface area contributed by atoms with Crippen molar-refractivity contribution in [1.82, 2.24) is 5.32 Å². The van der Waals surface area contributed by atoms with E-state index >= 15 is 0 Å². The van der Waals surface area contributed by atoms with Gasteiger partial charge in [-0.2, -0.15) is 0 Å². The van der Waals surface area contributed by atoms with Gasteiger partial charge in [0.25, 0.3) is 0 Å². The van der Waals surface area contributed by atoms with Crippen LogP contribution in [0.2, 0.25) is 4.34 Å². The van der Waals surface area contributed by atoms with Gasteiger partial charge in [0.2, 0.25) is 0 Å². The SMILES string of the molecule is OC(Cc1ccsc1Cl)[C@H]1CCCN1. The Labute approximate surface area is 92.9 Å². The summed E-state index contributed by atoms with van der Waals surface area (Å²) in [4.78, 5) is 0. The van der Waals surface area contributed by atoms with Crippen molar-refractivity contribution >= 4 is 22.9 Å². The predicted octanol–water partition coefficient (Wildman–Crippen LogP) is 2.06. The minimum absolute atomic E-state index is 0.256. The van der Waals surface area contributed by atoms with Gasteiger partial charge < -0.3 is 10.4 Å². The maximum atomic E-state index is 9.93. The highest BCUT2D eigenvalue weighted by molar-refractivity contribution is 7.14. The molecule has 2 heterocycles. The van der Waals surface area contributed by atoms with E-state index in [2.05, 4.69) is 5.32 Å². The number of halogens is 1. The zero-order valence-electron chi connectivity index (χ0n) is 7.87. The highest BCUT2D eigenvalue weighted by Gasteiger charge is 2.23. The van der Waals surface area contributed by atoms with Crippen LogP contribution < -0.4 is 5.32 Å². The molecule has 0 spiro atoms. The molecule has 1 aliphatic rings. The van der Waals surface area contributed by atoms with E-state index in [9.17, 15) is 5.11 Å². The van der Waals surface area contributed by atoms with Crippen molar-refractivity contribution in [1.29, 1.82) is 0 Å². The fraction of sp³-hybridized carbons (Fsp3) is 0.600. The molecule has 0 amide bonds. The first-order chi connectivity index (χ1) is 6.77. The molecular weight excluding hydrogens is 218 g/mol. The van der Waals surface area contributed by atoms with Crippen LogP contribution in [0.1, 0.15) is 18.4 Å². The van der Waals surface area contributed by atoms with E-state index in [0.717, 1.165) is 22.9 Å². The van der Waals surface area contributed by atoms with Crippen LogP contribution in [0.15, 0.2) is 11.4 Å². The van der Waals surface area contributed by atoms with Crippen LogP contribution in [0, 0.1) is 0 Å². The number of thiophene rings is 1. The minimum Gasteiger partial charge on any atom is -0.391 e. The molecule has 14 heavy (non-hydrogen) atoms. The molecule has 0 aliphatic carbocycles. The zero-order chi connectivity index (χ0) is 9.97. The Bertz CT molecular complexity index is 296. The van der Waals surface area contributed by atoms with E-state index in [0.29, 0.717) is 6.42 Å². The first kappa shape index (κ1) is 10.4. The van der Waals surface area contributed by atoms with Crippen molar-refractivity contribution in [3.63, 3.8) is 0 Å². The van der Waals surface area contributed by atoms with Gasteiger partial charge in [0, 0.05) is 12.5 Å². The molecule has 78 valence electrons. The first-order valence-electron chi connectivity index (χ1n) is 4.90. The van der Waals surface area contributed by atoms with Crippen molar-refractivity contribution in [2.75, 3.05) is 6.54 Å². The van der Waals surface area contributed by atoms with Crippen molar-refractivity contribution in [2.45, 2.75) is 31.4 Å². The van der Waals surface area contributed by atoms with Crippen LogP contribution in [0.3, 0.4) is 0 Å². The standard InChI is InChI=1S/C10H14ClNOS/c11-10-7(3-5-14-10)6-9(13)8-2-1-4-12-8/h3,5,8-9,12-13H,1-2,4,6H2/t8-,9?/m1/s1. The van der Waals surface area contributed by atoms with Crippen LogP contribution in [-0.2, 0) is 6.42 Å². The molecule has 4 heteroatoms. The molecule has 0 saturated carbocycles. The molecule has 1 aromatic rings. The maximum absolute atomic E-state index is 9.93. The van der Waals surface area contributed by atoms with Crippen molar-refractivity contribution in [3.8, 4) is 0 Å². The molecule has 2 atom stereocenters. The van der Waals surface area contributed by atoms with Gasteiger partial charge in [-0.15, -0.1) is 11.3 Å². The Balaban J connectivity index is 1.93. The summed E-state index contributed by atoms with van der Waals surface area (Å²) >= 11 is 7.50. The fourth-order valence-corrected chi connectivity index (χ4v) is 2.82. The summed E-state index contributed by atoms with van der Waals surface area (Å²) in [6.45, 7) is 1.03. The summed E-state index contributed by atoms with van der Waals surface area (Å²) in [7, 11) is 0. The normalized spacial score (nSPS) is 24.0. The van der Waals surface area contributed by atoms with Crippen molar-refractivity contribution in [2.24, 2.45) is 0 Å². The molecule has 0 radical (unpaired) electrons. The Kier molecular flexibility index (Phi) is 3.44. The van der Waals surface area contributed by atoms with Gasteiger partial charge in [-0.05, 0) is 36.4 Å². The van der Waals surface area contributed by atoms with Crippen molar-refractivity contribution < 1.29 is 5.11 Å². The summed E-state index contributed by atoms with van der Waals surface area (Å²) in [6, 6.07) is 2.25. The average molecular weight is 232 g/mol. The van der Waals surface area contributed by atoms with Crippen LogP contribution in [0.25, 0.3) is 0 Å². The number of aliphatic hydroxyl groups is 1. The predicted molar refractivity (Wildman–Crippen MR) is 60.1 cm³/mol. The van der Waals surface area contributed by atoms with Crippen molar-refractivity contribution in [3.05, 3.63) is 21.3 Å². The molecule has 1 saturated heterocycles. The molecular formula is C10H14ClNOS. The summed E-state index contributed by atoms with van der Waals surface area (Å²) in [5, 5.41) is 15.2. The number of hydrogen-bond donors (Lipinski definition) is 2. The van der Waals surface area contributed by atoms with Gasteiger partial charge in [0.1, 0.15) is 0 Å². The molecule has 0 aromatic carbocycles. The van der Waals surface area contributed by atoms with E-state index in [1.165, 1.54) is 17.8 Å². The summed E-state index contributed by atoms with van der Waals surface area (Å²) < 4.78 is 0.807. The molecule has 0 bridgehead atoms. The number of hydrogen-bond acceptors (Lipinski definition) is 3. The molecule has 2 nitrogen and oxygen atoms in total. The lowest BCUT2D eigenvalue weighted by molar-refractivity contribution is 0.136. The monoisotopic (exact) mass is 231 g/mol. The largest absolute Gasteiger partial charge is 0.391 e. The van der Waals surface area contributed by atoms with E-state index in [1.807, 2.05) is 11.4 Å². The van der Waals surface area contributed by atoms with Gasteiger partial charge >= 0.3 is 0 Å². The highest BCUT2D eigenvalue weighted by atomic mass is 35.5. The second-order valence-corrected chi connectivity index (χ2v) is 5.21. The Morgan fingerprint density at radius 3 is 3.14 bits per heavy atom. The summed E-state index contributed by atoms with van der Waals surface area (Å²) in [6.07, 6.45) is 2.60. The average Bonchev–Trinajstić information content (AvgIpc) is 2.77. The van der Waals surface area contributed by atoms with Crippen LogP contribution in [0.4, 0.5) is 0 Å². The maximum Gasteiger partial charge on any atom is 0.0961 e. The Morgan fingerprint density at radius 2 is 2.57 bits per heavy atom. The van der Waals surface area contributed by atoms with Crippen LogP contribution >= 0.6 is 22.9 Å². The molecule has 2 rings (SSSR count). The van der Waals surface area contributed by atoms with Gasteiger partial charge in [-0.3, -0.25) is 0 Å². The number of rotatable bonds is 3. The van der Waals surface area contributed by atoms with E-state index < -0.39 is 0 Å². The second-order valence-electron chi connectivity index (χ2n) is 3.69. The second kappa shape index (κ2) is 4.62. The number of aliphatic hydroxyl groups excluding tert-OH is 1. The van der Waals surface area contributed by atoms with E-state index in [1.54, 1.807) is 0 Å². The molecule has 1 aromatic heterocycles. The van der Waals surface area contributed by atoms with Gasteiger partial charge in [-0.25, -0.2) is 0 Å². The molecule has 1 unspecified atom stereocenters. The smallest absolute Gasteiger partial charge is 0.0961 e. The lowest BCUT2D eigenvalue weighted by Gasteiger charge is -2.17. The molecule has 2 N–H and O–H groups in total. The van der Waals surface area contributed by atoms with E-state index in [4.69, 9.17) is 11.6 Å². The number of nitrogens with one attached hydrogen (secondary N) is 1. The van der Waals surface area contributed by atoms with E-state index in [-0.39, 0.29) is 12.1 Å². The Hall–Kier alpha value is -0.0900. The van der Waals surface area contributed by atoms with Gasteiger partial charge in [0.05, 0.1) is 10.4 Å². The topological polar surface area (TPSA) is 32.3 Å². The fourth-order valence-electron chi connectivity index (χ4n) is 1.87. The van der Waals surface area contributed by atoms with Crippen LogP contribution in [-0.4, -0.2) is 23.8 Å². The van der Waals surface area contributed by atoms with Gasteiger partial charge in [0.15, 0.2) is 0 Å². The Morgan fingerprint density at radius 1 is 1.71 bits per heavy atom. The molecule has 1 aliphatic heterocycles. The first-order valence-corrected chi connectivity index (χ1v) is 6.16.